The predicted octanol–water partition coefficient (Wildman–Crippen LogP) is 2.70. The first-order valence-corrected chi connectivity index (χ1v) is 4.47. The lowest BCUT2D eigenvalue weighted by Crippen LogP contribution is -2.19. The van der Waals surface area contributed by atoms with Crippen molar-refractivity contribution in [2.45, 2.75) is 12.6 Å². The summed E-state index contributed by atoms with van der Waals surface area (Å²) in [5, 5.41) is 2.88. The van der Waals surface area contributed by atoms with Gasteiger partial charge in [-0.2, -0.15) is 13.2 Å². The highest BCUT2D eigenvalue weighted by Crippen LogP contribution is 2.33. The molecule has 0 amide bonds. The van der Waals surface area contributed by atoms with Gasteiger partial charge < -0.3 is 5.32 Å². The Bertz CT molecular complexity index is 412. The molecule has 1 aliphatic rings. The molecule has 1 heterocycles. The van der Waals surface area contributed by atoms with Gasteiger partial charge in [0.1, 0.15) is 0 Å². The van der Waals surface area contributed by atoms with Gasteiger partial charge in [0.25, 0.3) is 0 Å². The van der Waals surface area contributed by atoms with Gasteiger partial charge in [0.15, 0.2) is 5.78 Å². The molecule has 1 aromatic rings. The molecule has 0 unspecified atom stereocenters. The van der Waals surface area contributed by atoms with E-state index in [0.29, 0.717) is 12.2 Å². The molecule has 0 bridgehead atoms. The number of rotatable bonds is 0. The predicted molar refractivity (Wildman–Crippen MR) is 48.9 cm³/mol. The highest BCUT2D eigenvalue weighted by Gasteiger charge is 2.32. The average molecular weight is 215 g/mol. The van der Waals surface area contributed by atoms with Gasteiger partial charge in [0, 0.05) is 24.2 Å². The zero-order valence-electron chi connectivity index (χ0n) is 7.69. The smallest absolute Gasteiger partial charge is 0.384 e. The lowest BCUT2D eigenvalue weighted by Gasteiger charge is -2.18. The fourth-order valence-corrected chi connectivity index (χ4v) is 1.55. The van der Waals surface area contributed by atoms with E-state index in [0.717, 1.165) is 12.1 Å². The van der Waals surface area contributed by atoms with Crippen molar-refractivity contribution in [2.75, 3.05) is 11.9 Å². The third-order valence-corrected chi connectivity index (χ3v) is 2.31. The summed E-state index contributed by atoms with van der Waals surface area (Å²) in [5.41, 5.74) is -0.159. The molecule has 0 radical (unpaired) electrons. The summed E-state index contributed by atoms with van der Waals surface area (Å²) < 4.78 is 37.1. The van der Waals surface area contributed by atoms with Gasteiger partial charge in [-0.25, -0.2) is 0 Å². The third-order valence-electron chi connectivity index (χ3n) is 2.31. The van der Waals surface area contributed by atoms with Crippen LogP contribution in [-0.4, -0.2) is 12.3 Å². The number of carbonyl (C=O) groups is 1. The first-order valence-electron chi connectivity index (χ1n) is 4.47. The molecule has 0 fully saturated rings. The van der Waals surface area contributed by atoms with E-state index in [-0.39, 0.29) is 17.8 Å². The second-order valence-corrected chi connectivity index (χ2v) is 3.36. The molecule has 5 heteroatoms. The molecule has 0 spiro atoms. The Morgan fingerprint density at radius 2 is 2.00 bits per heavy atom. The molecule has 15 heavy (non-hydrogen) atoms. The number of anilines is 1. The molecule has 1 N–H and O–H groups in total. The minimum absolute atomic E-state index is 0.135. The molecule has 1 aromatic carbocycles. The molecule has 0 aliphatic carbocycles. The summed E-state index contributed by atoms with van der Waals surface area (Å²) >= 11 is 0. The standard InChI is InChI=1S/C10H8F3NO/c11-10(12,13)6-1-2-8-7(5-6)9(15)3-4-14-8/h1-2,5,14H,3-4H2. The Kier molecular flexibility index (Phi) is 2.17. The Morgan fingerprint density at radius 3 is 2.67 bits per heavy atom. The van der Waals surface area contributed by atoms with Crippen LogP contribution in [0.15, 0.2) is 18.2 Å². The Morgan fingerprint density at radius 1 is 1.27 bits per heavy atom. The number of Topliss-reactive ketones (excluding diaryl/α,β-unsaturated/α-hetero) is 1. The molecule has 2 rings (SSSR count). The van der Waals surface area contributed by atoms with Gasteiger partial charge in [0.2, 0.25) is 0 Å². The second kappa shape index (κ2) is 3.25. The van der Waals surface area contributed by atoms with Crippen molar-refractivity contribution >= 4 is 11.5 Å². The number of fused-ring (bicyclic) bond motifs is 1. The van der Waals surface area contributed by atoms with Crippen molar-refractivity contribution < 1.29 is 18.0 Å². The number of carbonyl (C=O) groups excluding carboxylic acids is 1. The summed E-state index contributed by atoms with van der Waals surface area (Å²) in [7, 11) is 0. The Labute approximate surface area is 84.1 Å². The molecular formula is C10H8F3NO. The van der Waals surface area contributed by atoms with Gasteiger partial charge in [-0.1, -0.05) is 0 Å². The van der Waals surface area contributed by atoms with Crippen LogP contribution in [0.3, 0.4) is 0 Å². The first kappa shape index (κ1) is 10.0. The van der Waals surface area contributed by atoms with Crippen molar-refractivity contribution in [3.63, 3.8) is 0 Å². The van der Waals surface area contributed by atoms with Crippen LogP contribution in [-0.2, 0) is 6.18 Å². The fraction of sp³-hybridized carbons (Fsp3) is 0.300. The molecule has 80 valence electrons. The summed E-state index contributed by atoms with van der Waals surface area (Å²) in [5.74, 6) is -0.241. The van der Waals surface area contributed by atoms with Crippen LogP contribution in [0.4, 0.5) is 18.9 Å². The zero-order valence-corrected chi connectivity index (χ0v) is 7.69. The number of ketones is 1. The van der Waals surface area contributed by atoms with Crippen LogP contribution in [0.5, 0.6) is 0 Å². The van der Waals surface area contributed by atoms with Crippen molar-refractivity contribution in [2.24, 2.45) is 0 Å². The number of hydrogen-bond donors (Lipinski definition) is 1. The lowest BCUT2D eigenvalue weighted by atomic mass is 9.99. The van der Waals surface area contributed by atoms with Crippen LogP contribution in [0.25, 0.3) is 0 Å². The summed E-state index contributed by atoms with van der Waals surface area (Å²) in [6.45, 7) is 0.483. The van der Waals surface area contributed by atoms with Crippen molar-refractivity contribution in [1.29, 1.82) is 0 Å². The van der Waals surface area contributed by atoms with Crippen molar-refractivity contribution in [3.8, 4) is 0 Å². The topological polar surface area (TPSA) is 29.1 Å². The van der Waals surface area contributed by atoms with E-state index >= 15 is 0 Å². The average Bonchev–Trinajstić information content (AvgIpc) is 2.16. The van der Waals surface area contributed by atoms with Gasteiger partial charge in [-0.05, 0) is 18.2 Å². The molecule has 0 aromatic heterocycles. The maximum Gasteiger partial charge on any atom is 0.416 e. The highest BCUT2D eigenvalue weighted by molar-refractivity contribution is 6.03. The van der Waals surface area contributed by atoms with Crippen LogP contribution >= 0.6 is 0 Å². The fourth-order valence-electron chi connectivity index (χ4n) is 1.55. The normalized spacial score (nSPS) is 15.8. The molecule has 0 saturated carbocycles. The highest BCUT2D eigenvalue weighted by atomic mass is 19.4. The Hall–Kier alpha value is -1.52. The van der Waals surface area contributed by atoms with Crippen LogP contribution < -0.4 is 5.32 Å². The summed E-state index contributed by atoms with van der Waals surface area (Å²) in [6, 6.07) is 3.18. The quantitative estimate of drug-likeness (QED) is 0.720. The second-order valence-electron chi connectivity index (χ2n) is 3.36. The minimum atomic E-state index is -4.40. The van der Waals surface area contributed by atoms with Gasteiger partial charge in [-0.3, -0.25) is 4.79 Å². The van der Waals surface area contributed by atoms with Gasteiger partial charge in [0.05, 0.1) is 5.56 Å². The molecule has 0 atom stereocenters. The Balaban J connectivity index is 2.49. The zero-order chi connectivity index (χ0) is 11.1. The van der Waals surface area contributed by atoms with E-state index in [9.17, 15) is 18.0 Å². The molecule has 2 nitrogen and oxygen atoms in total. The lowest BCUT2D eigenvalue weighted by molar-refractivity contribution is -0.137. The maximum absolute atomic E-state index is 12.4. The number of benzene rings is 1. The first-order chi connectivity index (χ1) is 6.98. The number of nitrogens with one attached hydrogen (secondary N) is 1. The molecular weight excluding hydrogens is 207 g/mol. The van der Waals surface area contributed by atoms with Gasteiger partial charge in [-0.15, -0.1) is 0 Å². The SMILES string of the molecule is O=C1CCNc2ccc(C(F)(F)F)cc21. The molecule has 1 aliphatic heterocycles. The van der Waals surface area contributed by atoms with E-state index in [1.165, 1.54) is 6.07 Å². The number of alkyl halides is 3. The minimum Gasteiger partial charge on any atom is -0.384 e. The van der Waals surface area contributed by atoms with Crippen LogP contribution in [0, 0.1) is 0 Å². The van der Waals surface area contributed by atoms with Gasteiger partial charge >= 0.3 is 6.18 Å². The van der Waals surface area contributed by atoms with E-state index in [2.05, 4.69) is 5.32 Å². The van der Waals surface area contributed by atoms with E-state index in [1.54, 1.807) is 0 Å². The van der Waals surface area contributed by atoms with Crippen LogP contribution in [0.1, 0.15) is 22.3 Å². The largest absolute Gasteiger partial charge is 0.416 e. The third kappa shape index (κ3) is 1.82. The molecule has 0 saturated heterocycles. The number of halogens is 3. The van der Waals surface area contributed by atoms with E-state index in [4.69, 9.17) is 0 Å². The monoisotopic (exact) mass is 215 g/mol. The van der Waals surface area contributed by atoms with Crippen LogP contribution in [0.2, 0.25) is 0 Å². The summed E-state index contributed by atoms with van der Waals surface area (Å²) in [4.78, 5) is 11.4. The van der Waals surface area contributed by atoms with E-state index < -0.39 is 11.7 Å². The van der Waals surface area contributed by atoms with E-state index in [1.807, 2.05) is 0 Å². The van der Waals surface area contributed by atoms with Crippen molar-refractivity contribution in [3.05, 3.63) is 29.3 Å². The number of hydrogen-bond acceptors (Lipinski definition) is 2. The maximum atomic E-state index is 12.4. The summed E-state index contributed by atoms with van der Waals surface area (Å²) in [6.07, 6.45) is -4.15. The van der Waals surface area contributed by atoms with Crippen molar-refractivity contribution in [1.82, 2.24) is 0 Å².